The van der Waals surface area contributed by atoms with Crippen molar-refractivity contribution in [2.45, 2.75) is 31.3 Å². The molecule has 1 heterocycles. The lowest BCUT2D eigenvalue weighted by Crippen LogP contribution is -2.49. The third kappa shape index (κ3) is 1.95. The Morgan fingerprint density at radius 1 is 1.12 bits per heavy atom. The molecule has 4 heteroatoms. The number of ketones is 2. The number of rotatable bonds is 2. The first-order valence-corrected chi connectivity index (χ1v) is 8.99. The molecule has 2 aromatic rings. The molecule has 1 unspecified atom stereocenters. The van der Waals surface area contributed by atoms with Crippen LogP contribution in [-0.4, -0.2) is 17.2 Å². The van der Waals surface area contributed by atoms with Crippen LogP contribution in [0.15, 0.2) is 53.0 Å². The van der Waals surface area contributed by atoms with Gasteiger partial charge in [0.25, 0.3) is 0 Å². The lowest BCUT2D eigenvalue weighted by atomic mass is 9.76. The molecule has 2 aromatic carbocycles. The molecule has 1 fully saturated rings. The molecule has 0 aromatic heterocycles. The van der Waals surface area contributed by atoms with Gasteiger partial charge in [0.1, 0.15) is 5.75 Å². The maximum atomic E-state index is 13.2. The molecule has 0 bridgehead atoms. The normalized spacial score (nSPS) is 28.2. The van der Waals surface area contributed by atoms with Crippen LogP contribution >= 0.6 is 15.9 Å². The van der Waals surface area contributed by atoms with Crippen LogP contribution in [0.3, 0.4) is 0 Å². The largest absolute Gasteiger partial charge is 0.470 e. The van der Waals surface area contributed by atoms with Gasteiger partial charge < -0.3 is 4.74 Å². The van der Waals surface area contributed by atoms with Crippen LogP contribution in [-0.2, 0) is 4.79 Å². The zero-order valence-electron chi connectivity index (χ0n) is 13.3. The van der Waals surface area contributed by atoms with Gasteiger partial charge in [0.2, 0.25) is 11.4 Å². The number of ether oxygens (including phenoxy) is 1. The highest BCUT2D eigenvalue weighted by Gasteiger charge is 2.65. The van der Waals surface area contributed by atoms with E-state index in [0.717, 1.165) is 16.5 Å². The predicted octanol–water partition coefficient (Wildman–Crippen LogP) is 4.55. The van der Waals surface area contributed by atoms with Crippen LogP contribution in [0.2, 0.25) is 0 Å². The molecule has 3 nitrogen and oxygen atoms in total. The molecule has 1 spiro atoms. The second kappa shape index (κ2) is 5.55. The fourth-order valence-corrected chi connectivity index (χ4v) is 4.68. The fourth-order valence-electron chi connectivity index (χ4n) is 4.14. The SMILES string of the molecule is CC[C@H]1CC(=O)C2(Oc3ccccc3C2=O)[C@H]1c1ccccc1Br. The molecule has 122 valence electrons. The second-order valence-corrected chi connectivity index (χ2v) is 7.31. The van der Waals surface area contributed by atoms with E-state index in [2.05, 4.69) is 22.9 Å². The Kier molecular flexibility index (Phi) is 3.61. The number of benzene rings is 2. The summed E-state index contributed by atoms with van der Waals surface area (Å²) in [4.78, 5) is 26.2. The summed E-state index contributed by atoms with van der Waals surface area (Å²) in [5, 5.41) is 0. The minimum absolute atomic E-state index is 0.0921. The summed E-state index contributed by atoms with van der Waals surface area (Å²) in [6.45, 7) is 2.06. The number of fused-ring (bicyclic) bond motifs is 1. The average molecular weight is 385 g/mol. The molecular weight excluding hydrogens is 368 g/mol. The highest BCUT2D eigenvalue weighted by Crippen LogP contribution is 2.54. The number of Topliss-reactive ketones (excluding diaryl/α,β-unsaturated/α-hetero) is 2. The Morgan fingerprint density at radius 3 is 2.54 bits per heavy atom. The van der Waals surface area contributed by atoms with E-state index in [0.29, 0.717) is 17.7 Å². The predicted molar refractivity (Wildman–Crippen MR) is 94.4 cm³/mol. The smallest absolute Gasteiger partial charge is 0.236 e. The molecule has 24 heavy (non-hydrogen) atoms. The quantitative estimate of drug-likeness (QED) is 0.713. The van der Waals surface area contributed by atoms with E-state index in [-0.39, 0.29) is 23.4 Å². The number of hydrogen-bond donors (Lipinski definition) is 0. The fraction of sp³-hybridized carbons (Fsp3) is 0.300. The monoisotopic (exact) mass is 384 g/mol. The van der Waals surface area contributed by atoms with Crippen LogP contribution < -0.4 is 4.74 Å². The van der Waals surface area contributed by atoms with Crippen molar-refractivity contribution < 1.29 is 14.3 Å². The molecule has 0 N–H and O–H groups in total. The van der Waals surface area contributed by atoms with Crippen LogP contribution in [0.5, 0.6) is 5.75 Å². The summed E-state index contributed by atoms with van der Waals surface area (Å²) in [5.41, 5.74) is 0.0739. The highest BCUT2D eigenvalue weighted by atomic mass is 79.9. The molecule has 2 aliphatic rings. The maximum Gasteiger partial charge on any atom is 0.236 e. The Morgan fingerprint density at radius 2 is 1.83 bits per heavy atom. The lowest BCUT2D eigenvalue weighted by Gasteiger charge is -2.31. The van der Waals surface area contributed by atoms with Gasteiger partial charge in [0.05, 0.1) is 5.56 Å². The van der Waals surface area contributed by atoms with Crippen molar-refractivity contribution in [1.82, 2.24) is 0 Å². The molecule has 3 atom stereocenters. The zero-order valence-corrected chi connectivity index (χ0v) is 14.9. The molecule has 0 amide bonds. The molecule has 1 saturated carbocycles. The van der Waals surface area contributed by atoms with Crippen molar-refractivity contribution in [3.05, 3.63) is 64.1 Å². The highest BCUT2D eigenvalue weighted by molar-refractivity contribution is 9.10. The van der Waals surface area contributed by atoms with Gasteiger partial charge in [-0.25, -0.2) is 0 Å². The molecule has 0 saturated heterocycles. The Balaban J connectivity index is 1.92. The first-order chi connectivity index (χ1) is 11.6. The van der Waals surface area contributed by atoms with Crippen molar-refractivity contribution in [1.29, 1.82) is 0 Å². The topological polar surface area (TPSA) is 43.4 Å². The Hall–Kier alpha value is -1.94. The van der Waals surface area contributed by atoms with Gasteiger partial charge in [0.15, 0.2) is 5.78 Å². The second-order valence-electron chi connectivity index (χ2n) is 6.46. The summed E-state index contributed by atoms with van der Waals surface area (Å²) in [6, 6.07) is 15.0. The third-order valence-electron chi connectivity index (χ3n) is 5.28. The van der Waals surface area contributed by atoms with Crippen LogP contribution in [0, 0.1) is 5.92 Å². The number of halogens is 1. The van der Waals surface area contributed by atoms with Crippen molar-refractivity contribution in [2.75, 3.05) is 0 Å². The van der Waals surface area contributed by atoms with Crippen molar-refractivity contribution in [3.8, 4) is 5.75 Å². The van der Waals surface area contributed by atoms with Crippen LogP contribution in [0.25, 0.3) is 0 Å². The lowest BCUT2D eigenvalue weighted by molar-refractivity contribution is -0.127. The Labute approximate surface area is 149 Å². The standard InChI is InChI=1S/C20H17BrO3/c1-2-12-11-17(22)20(18(12)13-7-3-5-9-15(13)21)19(23)14-8-4-6-10-16(14)24-20/h3-10,12,18H,2,11H2,1H3/t12-,18+,20?/m0/s1. The van der Waals surface area contributed by atoms with E-state index in [4.69, 9.17) is 4.74 Å². The molecule has 1 aliphatic heterocycles. The molecule has 0 radical (unpaired) electrons. The molecular formula is C20H17BrO3. The van der Waals surface area contributed by atoms with E-state index < -0.39 is 5.60 Å². The number of para-hydroxylation sites is 1. The van der Waals surface area contributed by atoms with Crippen LogP contribution in [0.4, 0.5) is 0 Å². The average Bonchev–Trinajstić information content (AvgIpc) is 3.05. The summed E-state index contributed by atoms with van der Waals surface area (Å²) in [7, 11) is 0. The van der Waals surface area contributed by atoms with E-state index in [1.807, 2.05) is 36.4 Å². The first kappa shape index (κ1) is 15.6. The minimum Gasteiger partial charge on any atom is -0.470 e. The number of carbonyl (C=O) groups excluding carboxylic acids is 2. The van der Waals surface area contributed by atoms with E-state index in [9.17, 15) is 9.59 Å². The van der Waals surface area contributed by atoms with Gasteiger partial charge in [-0.05, 0) is 29.7 Å². The first-order valence-electron chi connectivity index (χ1n) is 8.20. The van der Waals surface area contributed by atoms with Crippen molar-refractivity contribution >= 4 is 27.5 Å². The maximum absolute atomic E-state index is 13.2. The van der Waals surface area contributed by atoms with Gasteiger partial charge >= 0.3 is 0 Å². The Bertz CT molecular complexity index is 844. The van der Waals surface area contributed by atoms with E-state index in [1.54, 1.807) is 12.1 Å². The summed E-state index contributed by atoms with van der Waals surface area (Å²) in [5.74, 6) is 0.0423. The van der Waals surface area contributed by atoms with Crippen LogP contribution in [0.1, 0.15) is 41.6 Å². The summed E-state index contributed by atoms with van der Waals surface area (Å²) < 4.78 is 7.03. The van der Waals surface area contributed by atoms with Gasteiger partial charge in [-0.15, -0.1) is 0 Å². The van der Waals surface area contributed by atoms with Crippen molar-refractivity contribution in [2.24, 2.45) is 5.92 Å². The zero-order chi connectivity index (χ0) is 16.9. The molecule has 1 aliphatic carbocycles. The summed E-state index contributed by atoms with van der Waals surface area (Å²) in [6.07, 6.45) is 1.20. The van der Waals surface area contributed by atoms with Gasteiger partial charge in [0, 0.05) is 16.8 Å². The van der Waals surface area contributed by atoms with E-state index >= 15 is 0 Å². The van der Waals surface area contributed by atoms with Gasteiger partial charge in [-0.1, -0.05) is 59.6 Å². The minimum atomic E-state index is -1.41. The van der Waals surface area contributed by atoms with E-state index in [1.165, 1.54) is 0 Å². The summed E-state index contributed by atoms with van der Waals surface area (Å²) >= 11 is 3.59. The number of carbonyl (C=O) groups is 2. The third-order valence-corrected chi connectivity index (χ3v) is 6.00. The molecule has 4 rings (SSSR count). The number of hydrogen-bond acceptors (Lipinski definition) is 3. The van der Waals surface area contributed by atoms with Gasteiger partial charge in [-0.2, -0.15) is 0 Å². The van der Waals surface area contributed by atoms with Crippen molar-refractivity contribution in [3.63, 3.8) is 0 Å². The van der Waals surface area contributed by atoms with Gasteiger partial charge in [-0.3, -0.25) is 9.59 Å².